The van der Waals surface area contributed by atoms with Crippen LogP contribution < -0.4 is 4.74 Å². The third kappa shape index (κ3) is 5.68. The highest BCUT2D eigenvalue weighted by molar-refractivity contribution is 5.85. The molecule has 3 saturated heterocycles. The van der Waals surface area contributed by atoms with E-state index >= 15 is 0 Å². The summed E-state index contributed by atoms with van der Waals surface area (Å²) in [4.78, 5) is 32.7. The number of piperidine rings is 1. The number of carbonyl (C=O) groups excluding carboxylic acids is 2. The van der Waals surface area contributed by atoms with Gasteiger partial charge < -0.3 is 24.2 Å². The molecule has 7 heteroatoms. The number of nitrogens with zero attached hydrogens (tertiary/aromatic N) is 3. The molecule has 0 radical (unpaired) electrons. The Labute approximate surface area is 226 Å². The van der Waals surface area contributed by atoms with Crippen molar-refractivity contribution in [3.63, 3.8) is 0 Å². The van der Waals surface area contributed by atoms with Crippen LogP contribution >= 0.6 is 0 Å². The summed E-state index contributed by atoms with van der Waals surface area (Å²) in [5.41, 5.74) is 2.21. The van der Waals surface area contributed by atoms with E-state index in [9.17, 15) is 9.59 Å². The van der Waals surface area contributed by atoms with Gasteiger partial charge in [0.05, 0.1) is 18.6 Å². The molecule has 204 valence electrons. The maximum atomic E-state index is 13.5. The first-order chi connectivity index (χ1) is 18.4. The van der Waals surface area contributed by atoms with E-state index in [1.165, 1.54) is 5.56 Å². The topological polar surface area (TPSA) is 62.3 Å². The second-order valence-corrected chi connectivity index (χ2v) is 11.5. The number of ether oxygens (including phenoxy) is 2. The minimum absolute atomic E-state index is 0.122. The van der Waals surface area contributed by atoms with Crippen LogP contribution in [0.4, 0.5) is 4.79 Å². The van der Waals surface area contributed by atoms with Gasteiger partial charge in [-0.3, -0.25) is 4.79 Å². The zero-order valence-corrected chi connectivity index (χ0v) is 23.0. The van der Waals surface area contributed by atoms with Gasteiger partial charge in [0.15, 0.2) is 0 Å². The molecule has 5 rings (SSSR count). The van der Waals surface area contributed by atoms with Gasteiger partial charge in [-0.05, 0) is 75.4 Å². The number of hydrogen-bond donors (Lipinski definition) is 0. The zero-order chi connectivity index (χ0) is 26.7. The summed E-state index contributed by atoms with van der Waals surface area (Å²) in [5, 5.41) is 0. The Kier molecular flexibility index (Phi) is 7.93. The third-order valence-corrected chi connectivity index (χ3v) is 8.70. The Morgan fingerprint density at radius 3 is 2.32 bits per heavy atom. The predicted molar refractivity (Wildman–Crippen MR) is 147 cm³/mol. The van der Waals surface area contributed by atoms with Crippen molar-refractivity contribution >= 4 is 12.0 Å². The third-order valence-electron chi connectivity index (χ3n) is 8.70. The normalized spacial score (nSPS) is 23.4. The number of carbonyl (C=O) groups is 2. The highest BCUT2D eigenvalue weighted by atomic mass is 16.6. The fourth-order valence-corrected chi connectivity index (χ4v) is 6.51. The lowest BCUT2D eigenvalue weighted by Gasteiger charge is -2.39. The molecule has 3 aliphatic rings. The first kappa shape index (κ1) is 26.5. The van der Waals surface area contributed by atoms with Crippen molar-refractivity contribution in [3.05, 3.63) is 65.7 Å². The second kappa shape index (κ2) is 11.4. The van der Waals surface area contributed by atoms with Crippen molar-refractivity contribution < 1.29 is 19.1 Å². The van der Waals surface area contributed by atoms with Crippen LogP contribution in [-0.2, 0) is 16.1 Å². The molecule has 2 amide bonds. The summed E-state index contributed by atoms with van der Waals surface area (Å²) in [7, 11) is 1.67. The second-order valence-electron chi connectivity index (χ2n) is 11.5. The van der Waals surface area contributed by atoms with Crippen LogP contribution in [-0.4, -0.2) is 79.2 Å². The van der Waals surface area contributed by atoms with E-state index < -0.39 is 0 Å². The number of likely N-dealkylation sites (tertiary alicyclic amines) is 3. The first-order valence-corrected chi connectivity index (χ1v) is 14.0. The van der Waals surface area contributed by atoms with Gasteiger partial charge in [0.2, 0.25) is 5.91 Å². The average molecular weight is 520 g/mol. The molecule has 38 heavy (non-hydrogen) atoms. The van der Waals surface area contributed by atoms with Gasteiger partial charge >= 0.3 is 6.09 Å². The first-order valence-electron chi connectivity index (χ1n) is 14.0. The van der Waals surface area contributed by atoms with E-state index in [1.807, 2.05) is 54.0 Å². The van der Waals surface area contributed by atoms with Crippen molar-refractivity contribution in [2.75, 3.05) is 46.4 Å². The van der Waals surface area contributed by atoms with Crippen molar-refractivity contribution in [2.45, 2.75) is 51.7 Å². The summed E-state index contributed by atoms with van der Waals surface area (Å²) in [6, 6.07) is 18.6. The summed E-state index contributed by atoms with van der Waals surface area (Å²) in [5.74, 6) is 1.79. The van der Waals surface area contributed by atoms with Crippen LogP contribution in [0, 0.1) is 11.3 Å². The molecule has 1 spiro atoms. The average Bonchev–Trinajstić information content (AvgIpc) is 3.48. The molecule has 2 atom stereocenters. The lowest BCUT2D eigenvalue weighted by atomic mass is 9.76. The molecule has 1 unspecified atom stereocenters. The van der Waals surface area contributed by atoms with Crippen molar-refractivity contribution in [3.8, 4) is 5.75 Å². The quantitative estimate of drug-likeness (QED) is 0.527. The van der Waals surface area contributed by atoms with Gasteiger partial charge in [0, 0.05) is 38.6 Å². The van der Waals surface area contributed by atoms with Crippen molar-refractivity contribution in [2.24, 2.45) is 11.3 Å². The van der Waals surface area contributed by atoms with E-state index in [4.69, 9.17) is 9.47 Å². The van der Waals surface area contributed by atoms with Crippen molar-refractivity contribution in [1.29, 1.82) is 0 Å². The summed E-state index contributed by atoms with van der Waals surface area (Å²) < 4.78 is 10.8. The molecule has 0 aromatic heterocycles. The number of amides is 2. The largest absolute Gasteiger partial charge is 0.497 e. The molecule has 7 nitrogen and oxygen atoms in total. The van der Waals surface area contributed by atoms with Crippen LogP contribution in [0.1, 0.15) is 50.2 Å². The maximum absolute atomic E-state index is 13.5. The van der Waals surface area contributed by atoms with E-state index in [0.29, 0.717) is 37.4 Å². The van der Waals surface area contributed by atoms with Crippen LogP contribution in [0.2, 0.25) is 0 Å². The van der Waals surface area contributed by atoms with E-state index in [1.54, 1.807) is 7.11 Å². The number of hydrogen-bond acceptors (Lipinski definition) is 5. The van der Waals surface area contributed by atoms with Gasteiger partial charge in [-0.15, -0.1) is 0 Å². The van der Waals surface area contributed by atoms with Crippen LogP contribution in [0.3, 0.4) is 0 Å². The summed E-state index contributed by atoms with van der Waals surface area (Å²) in [6.45, 7) is 9.47. The molecule has 3 aliphatic heterocycles. The number of methoxy groups -OCH3 is 1. The summed E-state index contributed by atoms with van der Waals surface area (Å²) >= 11 is 0. The van der Waals surface area contributed by atoms with Crippen LogP contribution in [0.25, 0.3) is 0 Å². The molecule has 0 N–H and O–H groups in total. The molecule has 2 aromatic rings. The fraction of sp³-hybridized carbons (Fsp3) is 0.548. The lowest BCUT2D eigenvalue weighted by molar-refractivity contribution is -0.139. The predicted octanol–water partition coefficient (Wildman–Crippen LogP) is 4.77. The van der Waals surface area contributed by atoms with Gasteiger partial charge in [-0.2, -0.15) is 0 Å². The van der Waals surface area contributed by atoms with Gasteiger partial charge in [0.25, 0.3) is 0 Å². The zero-order valence-electron chi connectivity index (χ0n) is 23.0. The number of benzene rings is 2. The summed E-state index contributed by atoms with van der Waals surface area (Å²) in [6.07, 6.45) is 2.43. The molecule has 3 heterocycles. The van der Waals surface area contributed by atoms with Gasteiger partial charge in [-0.25, -0.2) is 4.79 Å². The Hall–Kier alpha value is -3.06. The maximum Gasteiger partial charge on any atom is 0.410 e. The molecule has 0 saturated carbocycles. The van der Waals surface area contributed by atoms with Crippen LogP contribution in [0.5, 0.6) is 5.75 Å². The van der Waals surface area contributed by atoms with Gasteiger partial charge in [-0.1, -0.05) is 42.5 Å². The van der Waals surface area contributed by atoms with Gasteiger partial charge in [0.1, 0.15) is 5.75 Å². The minimum atomic E-state index is -0.218. The SMILES string of the molecule is COc1ccc(CN2CCC3(CCN(C[C@H]4CN(C(=O)OC(C)C)CC4c4ccccc4)CC3)C2=O)cc1. The lowest BCUT2D eigenvalue weighted by Crippen LogP contribution is -2.46. The minimum Gasteiger partial charge on any atom is -0.497 e. The smallest absolute Gasteiger partial charge is 0.410 e. The number of rotatable bonds is 7. The van der Waals surface area contributed by atoms with E-state index in [0.717, 1.165) is 56.8 Å². The highest BCUT2D eigenvalue weighted by Gasteiger charge is 2.48. The standard InChI is InChI=1S/C31H41N3O4/c1-23(2)38-30(36)34-21-26(28(22-34)25-7-5-4-6-8-25)20-32-16-13-31(14-17-32)15-18-33(29(31)35)19-24-9-11-27(37-3)12-10-24/h4-12,23,26,28H,13-22H2,1-3H3/t26-,28?/m0/s1. The highest BCUT2D eigenvalue weighted by Crippen LogP contribution is 2.43. The van der Waals surface area contributed by atoms with E-state index in [-0.39, 0.29) is 17.6 Å². The molecular formula is C31H41N3O4. The molecule has 0 bridgehead atoms. The van der Waals surface area contributed by atoms with E-state index in [2.05, 4.69) is 29.2 Å². The Morgan fingerprint density at radius 2 is 1.66 bits per heavy atom. The van der Waals surface area contributed by atoms with Crippen molar-refractivity contribution in [1.82, 2.24) is 14.7 Å². The molecule has 3 fully saturated rings. The molecule has 2 aromatic carbocycles. The van der Waals surface area contributed by atoms with Crippen LogP contribution in [0.15, 0.2) is 54.6 Å². The Bertz CT molecular complexity index is 1100. The fourth-order valence-electron chi connectivity index (χ4n) is 6.51. The Morgan fingerprint density at radius 1 is 0.974 bits per heavy atom. The Balaban J connectivity index is 1.19. The molecular weight excluding hydrogens is 478 g/mol. The monoisotopic (exact) mass is 519 g/mol. The molecule has 0 aliphatic carbocycles.